The summed E-state index contributed by atoms with van der Waals surface area (Å²) in [6, 6.07) is 22.5. The molecule has 0 bridgehead atoms. The maximum Gasteiger partial charge on any atom is 0.326 e. The van der Waals surface area contributed by atoms with Crippen LogP contribution >= 0.6 is 11.8 Å². The fourth-order valence-corrected chi connectivity index (χ4v) is 4.21. The highest BCUT2D eigenvalue weighted by Gasteiger charge is 2.16. The Kier molecular flexibility index (Phi) is 10.0. The van der Waals surface area contributed by atoms with Gasteiger partial charge in [0.05, 0.1) is 7.11 Å². The van der Waals surface area contributed by atoms with Gasteiger partial charge in [-0.05, 0) is 79.6 Å². The first-order chi connectivity index (χ1) is 17.0. The van der Waals surface area contributed by atoms with Gasteiger partial charge in [0.2, 0.25) is 0 Å². The molecule has 184 valence electrons. The number of carbonyl (C=O) groups is 2. The fraction of sp³-hybridized carbons (Fsp3) is 0.286. The van der Waals surface area contributed by atoms with Gasteiger partial charge in [-0.3, -0.25) is 9.69 Å². The molecule has 35 heavy (non-hydrogen) atoms. The number of benzene rings is 3. The van der Waals surface area contributed by atoms with Crippen molar-refractivity contribution in [2.45, 2.75) is 49.3 Å². The van der Waals surface area contributed by atoms with E-state index in [4.69, 9.17) is 9.47 Å². The zero-order valence-corrected chi connectivity index (χ0v) is 21.3. The first-order valence-corrected chi connectivity index (χ1v) is 12.6. The molecule has 0 aliphatic carbocycles. The molecular weight excluding hydrogens is 460 g/mol. The van der Waals surface area contributed by atoms with Crippen LogP contribution in [0.5, 0.6) is 11.5 Å². The number of amides is 2. The molecule has 0 aliphatic rings. The van der Waals surface area contributed by atoms with Gasteiger partial charge in [-0.2, -0.15) is 0 Å². The van der Waals surface area contributed by atoms with E-state index >= 15 is 0 Å². The van der Waals surface area contributed by atoms with Crippen LogP contribution in [0.4, 0.5) is 16.2 Å². The maximum absolute atomic E-state index is 13.2. The van der Waals surface area contributed by atoms with E-state index in [0.29, 0.717) is 24.4 Å². The molecule has 7 heteroatoms. The van der Waals surface area contributed by atoms with Crippen molar-refractivity contribution in [1.82, 2.24) is 0 Å². The predicted octanol–water partition coefficient (Wildman–Crippen LogP) is 7.39. The zero-order chi connectivity index (χ0) is 25.0. The number of urea groups is 1. The van der Waals surface area contributed by atoms with Crippen LogP contribution in [0.15, 0.2) is 82.6 Å². The summed E-state index contributed by atoms with van der Waals surface area (Å²) in [6.07, 6.45) is 3.04. The summed E-state index contributed by atoms with van der Waals surface area (Å²) in [5, 5.41) is 2.98. The fourth-order valence-electron chi connectivity index (χ4n) is 3.34. The average molecular weight is 493 g/mol. The Labute approximate surface area is 211 Å². The SMILES string of the molecule is CCCCN(C(=O)Nc1ccc(OC)cc1)c1cccc(Sc2ccc(OC(=O)CCC)cc2)c1. The van der Waals surface area contributed by atoms with Crippen LogP contribution < -0.4 is 19.7 Å². The second kappa shape index (κ2) is 13.4. The van der Waals surface area contributed by atoms with E-state index in [9.17, 15) is 9.59 Å². The molecule has 0 unspecified atom stereocenters. The number of nitrogens with zero attached hydrogens (tertiary/aromatic N) is 1. The molecule has 0 aliphatic heterocycles. The van der Waals surface area contributed by atoms with E-state index in [1.54, 1.807) is 35.9 Å². The minimum Gasteiger partial charge on any atom is -0.497 e. The van der Waals surface area contributed by atoms with Gasteiger partial charge in [-0.25, -0.2) is 4.79 Å². The third-order valence-electron chi connectivity index (χ3n) is 5.20. The van der Waals surface area contributed by atoms with Crippen LogP contribution in [-0.4, -0.2) is 25.7 Å². The largest absolute Gasteiger partial charge is 0.497 e. The monoisotopic (exact) mass is 492 g/mol. The highest BCUT2D eigenvalue weighted by molar-refractivity contribution is 7.99. The number of ether oxygens (including phenoxy) is 2. The number of hydrogen-bond acceptors (Lipinski definition) is 5. The van der Waals surface area contributed by atoms with Crippen LogP contribution in [0.1, 0.15) is 39.5 Å². The molecular formula is C28H32N2O4S. The minimum atomic E-state index is -0.222. The van der Waals surface area contributed by atoms with E-state index in [-0.39, 0.29) is 12.0 Å². The van der Waals surface area contributed by atoms with E-state index in [0.717, 1.165) is 40.5 Å². The molecule has 0 fully saturated rings. The summed E-state index contributed by atoms with van der Waals surface area (Å²) in [4.78, 5) is 28.6. The molecule has 3 aromatic carbocycles. The van der Waals surface area contributed by atoms with Crippen molar-refractivity contribution in [3.05, 3.63) is 72.8 Å². The number of unbranched alkanes of at least 4 members (excludes halogenated alkanes) is 1. The molecule has 0 heterocycles. The average Bonchev–Trinajstić information content (AvgIpc) is 2.86. The van der Waals surface area contributed by atoms with Crippen LogP contribution in [0, 0.1) is 0 Å². The Hall–Kier alpha value is -3.45. The Morgan fingerprint density at radius 3 is 2.26 bits per heavy atom. The molecule has 1 N–H and O–H groups in total. The Morgan fingerprint density at radius 1 is 0.886 bits per heavy atom. The molecule has 3 aromatic rings. The third kappa shape index (κ3) is 8.07. The second-order valence-electron chi connectivity index (χ2n) is 7.96. The van der Waals surface area contributed by atoms with E-state index in [2.05, 4.69) is 12.2 Å². The van der Waals surface area contributed by atoms with E-state index in [1.165, 1.54) is 0 Å². The van der Waals surface area contributed by atoms with Crippen molar-refractivity contribution in [3.63, 3.8) is 0 Å². The summed E-state index contributed by atoms with van der Waals surface area (Å²) in [7, 11) is 1.61. The molecule has 0 spiro atoms. The van der Waals surface area contributed by atoms with Crippen molar-refractivity contribution in [2.24, 2.45) is 0 Å². The quantitative estimate of drug-likeness (QED) is 0.223. The Balaban J connectivity index is 1.71. The smallest absolute Gasteiger partial charge is 0.326 e. The van der Waals surface area contributed by atoms with Crippen LogP contribution in [0.25, 0.3) is 0 Å². The third-order valence-corrected chi connectivity index (χ3v) is 6.19. The van der Waals surface area contributed by atoms with Crippen molar-refractivity contribution >= 4 is 35.1 Å². The summed E-state index contributed by atoms with van der Waals surface area (Å²) in [5.74, 6) is 1.06. The number of rotatable bonds is 11. The van der Waals surface area contributed by atoms with Crippen molar-refractivity contribution in [3.8, 4) is 11.5 Å². The Bertz CT molecular complexity index is 1100. The van der Waals surface area contributed by atoms with E-state index in [1.807, 2.05) is 67.6 Å². The van der Waals surface area contributed by atoms with Crippen LogP contribution in [0.2, 0.25) is 0 Å². The highest BCUT2D eigenvalue weighted by Crippen LogP contribution is 2.32. The lowest BCUT2D eigenvalue weighted by Gasteiger charge is -2.24. The van der Waals surface area contributed by atoms with Gasteiger partial charge in [0.1, 0.15) is 11.5 Å². The summed E-state index contributed by atoms with van der Waals surface area (Å²) in [5.41, 5.74) is 1.54. The van der Waals surface area contributed by atoms with Gasteiger partial charge < -0.3 is 14.8 Å². The molecule has 0 saturated heterocycles. The van der Waals surface area contributed by atoms with Gasteiger partial charge in [-0.15, -0.1) is 0 Å². The standard InChI is InChI=1S/C28H32N2O4S/c1-4-6-19-30(28(32)29-21-11-13-23(33-3)14-12-21)22-9-7-10-26(20-22)35-25-17-15-24(16-18-25)34-27(31)8-5-2/h7,9-18,20H,4-6,8,19H2,1-3H3,(H,29,32). The van der Waals surface area contributed by atoms with Crippen LogP contribution in [-0.2, 0) is 4.79 Å². The summed E-state index contributed by atoms with van der Waals surface area (Å²) in [6.45, 7) is 4.67. The number of anilines is 2. The zero-order valence-electron chi connectivity index (χ0n) is 20.5. The molecule has 0 atom stereocenters. The maximum atomic E-state index is 13.2. The Morgan fingerprint density at radius 2 is 1.60 bits per heavy atom. The summed E-state index contributed by atoms with van der Waals surface area (Å²) < 4.78 is 10.5. The molecule has 2 amide bonds. The van der Waals surface area contributed by atoms with Crippen molar-refractivity contribution in [2.75, 3.05) is 23.9 Å². The first kappa shape index (κ1) is 26.2. The lowest BCUT2D eigenvalue weighted by Crippen LogP contribution is -2.35. The van der Waals surface area contributed by atoms with Crippen molar-refractivity contribution in [1.29, 1.82) is 0 Å². The summed E-state index contributed by atoms with van der Waals surface area (Å²) >= 11 is 1.59. The molecule has 0 aromatic heterocycles. The predicted molar refractivity (Wildman–Crippen MR) is 142 cm³/mol. The lowest BCUT2D eigenvalue weighted by atomic mass is 10.2. The molecule has 6 nitrogen and oxygen atoms in total. The number of esters is 1. The molecule has 0 radical (unpaired) electrons. The molecule has 0 saturated carbocycles. The number of carbonyl (C=O) groups excluding carboxylic acids is 2. The van der Waals surface area contributed by atoms with Gasteiger partial charge in [0.15, 0.2) is 0 Å². The lowest BCUT2D eigenvalue weighted by molar-refractivity contribution is -0.134. The first-order valence-electron chi connectivity index (χ1n) is 11.8. The highest BCUT2D eigenvalue weighted by atomic mass is 32.2. The van der Waals surface area contributed by atoms with Gasteiger partial charge >= 0.3 is 12.0 Å². The van der Waals surface area contributed by atoms with Gasteiger partial charge in [0, 0.05) is 34.1 Å². The van der Waals surface area contributed by atoms with Gasteiger partial charge in [0.25, 0.3) is 0 Å². The minimum absolute atomic E-state index is 0.177. The topological polar surface area (TPSA) is 67.9 Å². The number of hydrogen-bond donors (Lipinski definition) is 1. The number of methoxy groups -OCH3 is 1. The van der Waals surface area contributed by atoms with E-state index < -0.39 is 0 Å². The second-order valence-corrected chi connectivity index (χ2v) is 9.11. The normalized spacial score (nSPS) is 10.5. The van der Waals surface area contributed by atoms with Crippen molar-refractivity contribution < 1.29 is 19.1 Å². The number of nitrogens with one attached hydrogen (secondary N) is 1. The van der Waals surface area contributed by atoms with Gasteiger partial charge in [-0.1, -0.05) is 38.1 Å². The molecule has 3 rings (SSSR count). The van der Waals surface area contributed by atoms with Crippen LogP contribution in [0.3, 0.4) is 0 Å².